The highest BCUT2D eigenvalue weighted by Crippen LogP contribution is 2.04. The van der Waals surface area contributed by atoms with Gasteiger partial charge in [0.15, 0.2) is 0 Å². The number of halogens is 1. The molecule has 0 aliphatic rings. The van der Waals surface area contributed by atoms with E-state index in [-0.39, 0.29) is 0 Å². The van der Waals surface area contributed by atoms with Crippen molar-refractivity contribution in [3.05, 3.63) is 0 Å². The van der Waals surface area contributed by atoms with E-state index in [9.17, 15) is 0 Å². The van der Waals surface area contributed by atoms with Gasteiger partial charge < -0.3 is 33.0 Å². The van der Waals surface area contributed by atoms with Crippen LogP contribution in [0.1, 0.15) is 0 Å². The summed E-state index contributed by atoms with van der Waals surface area (Å²) < 4.78 is 9.02. The van der Waals surface area contributed by atoms with Crippen LogP contribution in [0.4, 0.5) is 0 Å². The number of rotatable bonds is 9. The number of hydrogen-bond donors (Lipinski definition) is 1. The van der Waals surface area contributed by atoms with Crippen molar-refractivity contribution in [3.8, 4) is 0 Å². The Labute approximate surface area is 155 Å². The molecule has 20 heteroatoms. The van der Waals surface area contributed by atoms with E-state index in [2.05, 4.69) is 0 Å². The van der Waals surface area contributed by atoms with Crippen molar-refractivity contribution in [2.24, 2.45) is 0 Å². The van der Waals surface area contributed by atoms with Crippen LogP contribution in [0.15, 0.2) is 0 Å². The van der Waals surface area contributed by atoms with Gasteiger partial charge in [-0.25, -0.2) is 0 Å². The smallest absolute Gasteiger partial charge is 0.129 e. The highest BCUT2D eigenvalue weighted by Gasteiger charge is 2.40. The van der Waals surface area contributed by atoms with Crippen LogP contribution in [0.5, 0.6) is 0 Å². The van der Waals surface area contributed by atoms with Crippen LogP contribution >= 0.6 is 22.9 Å². The van der Waals surface area contributed by atoms with E-state index in [0.717, 1.165) is 3.43 Å². The largest absolute Gasteiger partial charge is 0.729 e. The summed E-state index contributed by atoms with van der Waals surface area (Å²) in [5.41, 5.74) is 0. The van der Waals surface area contributed by atoms with Crippen molar-refractivity contribution < 1.29 is 1.41 Å². The third-order valence-corrected chi connectivity index (χ3v) is 3.99. The van der Waals surface area contributed by atoms with E-state index in [1.54, 1.807) is 22.9 Å². The molecule has 0 atom stereocenters. The minimum Gasteiger partial charge on any atom is -0.729 e. The summed E-state index contributed by atoms with van der Waals surface area (Å²) in [6, 6.07) is 0. The molecule has 0 aromatic carbocycles. The molecule has 70 valence electrons. The van der Waals surface area contributed by atoms with E-state index in [1.807, 2.05) is 0 Å². The van der Waals surface area contributed by atoms with Crippen LogP contribution < -0.4 is 3.43 Å². The van der Waals surface area contributed by atoms with Crippen LogP contribution in [0.2, 0.25) is 1.41 Å². The first-order chi connectivity index (χ1) is 9.56. The maximum Gasteiger partial charge on any atom is 0.129 e. The summed E-state index contributed by atoms with van der Waals surface area (Å²) in [7, 11) is 53.0. The second-order valence-electron chi connectivity index (χ2n) is 4.82. The van der Waals surface area contributed by atoms with E-state index < -0.39 is 51.3 Å². The maximum atomic E-state index is 7.94. The van der Waals surface area contributed by atoms with Crippen LogP contribution in [0.25, 0.3) is 0 Å². The Hall–Kier alpha value is 1.86. The molecule has 0 rings (SSSR count). The molecule has 0 aliphatic carbocycles. The van der Waals surface area contributed by atoms with Gasteiger partial charge in [-0.2, -0.15) is 0 Å². The average molecular weight is 339 g/mol. The molecule has 0 bridgehead atoms. The van der Waals surface area contributed by atoms with Crippen molar-refractivity contribution in [3.63, 3.8) is 0 Å². The molecule has 0 aliphatic heterocycles. The summed E-state index contributed by atoms with van der Waals surface area (Å²) in [4.78, 5) is 0. The third-order valence-electron chi connectivity index (χ3n) is 3.35. The lowest BCUT2D eigenvalue weighted by Gasteiger charge is -2.53. The highest BCUT2D eigenvalue weighted by molar-refractivity contribution is 14.1. The first-order valence-electron chi connectivity index (χ1n) is 6.54. The van der Waals surface area contributed by atoms with Crippen molar-refractivity contribution in [2.45, 2.75) is 0 Å². The highest BCUT2D eigenvalue weighted by atomic mass is 127. The fourth-order valence-corrected chi connectivity index (χ4v) is 3.07. The lowest BCUT2D eigenvalue weighted by Crippen LogP contribution is -2.79. The van der Waals surface area contributed by atoms with Gasteiger partial charge in [0.1, 0.15) is 8.04 Å². The van der Waals surface area contributed by atoms with Crippen molar-refractivity contribution in [1.82, 2.24) is 3.43 Å². The summed E-state index contributed by atoms with van der Waals surface area (Å²) in [6.07, 6.45) is -5.32. The van der Waals surface area contributed by atoms with E-state index in [4.69, 9.17) is 71.0 Å². The summed E-state index contributed by atoms with van der Waals surface area (Å²) in [6.45, 7) is -0.690. The minimum absolute atomic E-state index is 0.572. The number of hydrogen-bond acceptors (Lipinski definition) is 1. The summed E-state index contributed by atoms with van der Waals surface area (Å²) in [5, 5.41) is 0. The van der Waals surface area contributed by atoms with Gasteiger partial charge in [-0.15, -0.1) is 6.39 Å². The van der Waals surface area contributed by atoms with Gasteiger partial charge in [0.2, 0.25) is 0 Å². The van der Waals surface area contributed by atoms with Gasteiger partial charge in [0.05, 0.1) is 0 Å². The van der Waals surface area contributed by atoms with Crippen LogP contribution in [-0.4, -0.2) is 128 Å². The molecule has 0 fully saturated rings. The van der Waals surface area contributed by atoms with Crippen LogP contribution in [-0.2, 0) is 0 Å². The molecule has 0 aromatic rings. The topological polar surface area (TPSA) is 12.0 Å². The molecule has 0 unspecified atom stereocenters. The van der Waals surface area contributed by atoms with Gasteiger partial charge in [-0.1, -0.05) is 0 Å². The minimum atomic E-state index is -0.883. The Morgan fingerprint density at radius 3 is 1.55 bits per heavy atom. The second-order valence-corrected chi connectivity index (χ2v) is 5.38. The van der Waals surface area contributed by atoms with Gasteiger partial charge in [0.25, 0.3) is 0 Å². The molecule has 22 radical (unpaired) electrons. The average Bonchev–Trinajstić information content (AvgIpc) is 2.30. The zero-order chi connectivity index (χ0) is 16.9. The monoisotopic (exact) mass is 342 g/mol. The van der Waals surface area contributed by atoms with Crippen molar-refractivity contribution in [1.29, 1.82) is 0 Å². The molecular formula is HB18IN-3. The zero-order valence-corrected chi connectivity index (χ0v) is 13.4. The standard InChI is InChI=1S/B18HIN/c1-10-15(11(2)3)17(14(8)9)18(20-19)16(12(4)5)13(6)7/h20H/q-3/i/hT. The molecule has 0 saturated carbocycles. The fourth-order valence-electron chi connectivity index (χ4n) is 2.32. The quantitative estimate of drug-likeness (QED) is 0.251. The van der Waals surface area contributed by atoms with Gasteiger partial charge >= 0.3 is 0 Å². The molecule has 0 amide bonds. The first kappa shape index (κ1) is 19.9. The predicted molar refractivity (Wildman–Crippen MR) is 121 cm³/mol. The molecule has 0 spiro atoms. The lowest BCUT2D eigenvalue weighted by molar-refractivity contribution is 1.79. The van der Waals surface area contributed by atoms with Crippen molar-refractivity contribution >= 4 is 151 Å². The Morgan fingerprint density at radius 1 is 0.950 bits per heavy atom. The zero-order valence-electron chi connectivity index (χ0n) is 12.2. The Morgan fingerprint density at radius 2 is 1.35 bits per heavy atom. The van der Waals surface area contributed by atoms with E-state index in [0.29, 0.717) is 0 Å². The number of nitrogens with one attached hydrogen (secondary N) is 1. The maximum absolute atomic E-state index is 7.94. The lowest BCUT2D eigenvalue weighted by atomic mass is 8.46. The molecule has 0 heterocycles. The Bertz CT molecular complexity index is 268. The van der Waals surface area contributed by atoms with E-state index in [1.165, 1.54) is 7.06 Å². The molecule has 1 nitrogen and oxygen atoms in total. The Balaban J connectivity index is 5.73. The van der Waals surface area contributed by atoms with E-state index >= 15 is 0 Å². The van der Waals surface area contributed by atoms with Gasteiger partial charge in [-0.3, -0.25) is 7.06 Å². The van der Waals surface area contributed by atoms with Gasteiger partial charge in [0, 0.05) is 101 Å². The SMILES string of the molecule is [3H]N(I)B(B(B([B])[B])B([B])[B])B(B([B])[B])B([B][B-])B([B-])[B-]. The third kappa shape index (κ3) is 6.16. The predicted octanol–water partition coefficient (Wildman–Crippen LogP) is -6.46. The molecule has 0 aromatic heterocycles. The second kappa shape index (κ2) is 10.6. The summed E-state index contributed by atoms with van der Waals surface area (Å²) >= 11 is 1.74. The van der Waals surface area contributed by atoms with Crippen LogP contribution in [0.3, 0.4) is 0 Å². The Kier molecular flexibility index (Phi) is 10.5. The van der Waals surface area contributed by atoms with Crippen molar-refractivity contribution in [2.75, 3.05) is 0 Å². The van der Waals surface area contributed by atoms with Crippen LogP contribution in [0, 0.1) is 0 Å². The molecular weight excluding hydrogens is 336 g/mol. The normalized spacial score (nSPS) is 10.3. The molecule has 0 saturated heterocycles. The van der Waals surface area contributed by atoms with Gasteiger partial charge in [-0.05, 0) is 0 Å². The fraction of sp³-hybridized carbons (Fsp3) is 0. The first-order valence-corrected chi connectivity index (χ1v) is 7.06. The summed E-state index contributed by atoms with van der Waals surface area (Å²) in [5.74, 6) is 0. The molecule has 1 N–H and O–H groups in total. The molecule has 20 heavy (non-hydrogen) atoms.